The van der Waals surface area contributed by atoms with E-state index in [0.717, 1.165) is 5.75 Å². The smallest absolute Gasteiger partial charge is 0.255 e. The zero-order valence-corrected chi connectivity index (χ0v) is 16.1. The van der Waals surface area contributed by atoms with Gasteiger partial charge in [-0.1, -0.05) is 35.3 Å². The molecule has 27 heavy (non-hydrogen) atoms. The Bertz CT molecular complexity index is 942. The van der Waals surface area contributed by atoms with Gasteiger partial charge in [-0.2, -0.15) is 0 Å². The molecule has 1 amide bonds. The molecule has 0 saturated carbocycles. The number of amides is 1. The summed E-state index contributed by atoms with van der Waals surface area (Å²) in [5.41, 5.74) is 0.947. The number of halogens is 2. The van der Waals surface area contributed by atoms with Crippen LogP contribution in [-0.2, 0) is 0 Å². The van der Waals surface area contributed by atoms with Crippen molar-refractivity contribution in [2.75, 3.05) is 11.9 Å². The average molecular weight is 402 g/mol. The number of hydrogen-bond donors (Lipinski definition) is 1. The van der Waals surface area contributed by atoms with E-state index in [-0.39, 0.29) is 5.91 Å². The number of ether oxygens (including phenoxy) is 2. The Morgan fingerprint density at radius 3 is 2.33 bits per heavy atom. The van der Waals surface area contributed by atoms with Gasteiger partial charge in [0.15, 0.2) is 5.75 Å². The highest BCUT2D eigenvalue weighted by Crippen LogP contribution is 2.31. The van der Waals surface area contributed by atoms with Gasteiger partial charge >= 0.3 is 0 Å². The minimum Gasteiger partial charge on any atom is -0.494 e. The fraction of sp³-hybridized carbons (Fsp3) is 0.0952. The molecule has 0 aliphatic carbocycles. The van der Waals surface area contributed by atoms with Crippen LogP contribution < -0.4 is 14.8 Å². The van der Waals surface area contributed by atoms with Crippen LogP contribution in [0.4, 0.5) is 5.69 Å². The number of carbonyl (C=O) groups is 1. The van der Waals surface area contributed by atoms with Gasteiger partial charge in [-0.25, -0.2) is 0 Å². The van der Waals surface area contributed by atoms with E-state index in [1.807, 2.05) is 43.3 Å². The first-order valence-electron chi connectivity index (χ1n) is 8.33. The predicted octanol–water partition coefficient (Wildman–Crippen LogP) is 6.44. The van der Waals surface area contributed by atoms with Crippen LogP contribution in [0.15, 0.2) is 66.7 Å². The van der Waals surface area contributed by atoms with E-state index in [4.69, 9.17) is 32.7 Å². The molecule has 0 bridgehead atoms. The summed E-state index contributed by atoms with van der Waals surface area (Å²) in [6, 6.07) is 19.2. The molecule has 0 aliphatic heterocycles. The summed E-state index contributed by atoms with van der Waals surface area (Å²) >= 11 is 11.9. The number of nitrogens with one attached hydrogen (secondary N) is 1. The van der Waals surface area contributed by atoms with Gasteiger partial charge in [0.2, 0.25) is 0 Å². The minimum absolute atomic E-state index is 0.309. The maximum absolute atomic E-state index is 12.5. The molecule has 0 fully saturated rings. The van der Waals surface area contributed by atoms with Crippen molar-refractivity contribution in [1.29, 1.82) is 0 Å². The lowest BCUT2D eigenvalue weighted by atomic mass is 10.2. The molecule has 138 valence electrons. The van der Waals surface area contributed by atoms with E-state index < -0.39 is 0 Å². The van der Waals surface area contributed by atoms with Crippen LogP contribution in [0.1, 0.15) is 17.3 Å². The van der Waals surface area contributed by atoms with Crippen molar-refractivity contribution in [3.05, 3.63) is 82.3 Å². The van der Waals surface area contributed by atoms with Crippen molar-refractivity contribution in [2.45, 2.75) is 6.92 Å². The number of rotatable bonds is 6. The van der Waals surface area contributed by atoms with E-state index in [1.165, 1.54) is 6.07 Å². The SMILES string of the molecule is CCOc1ccc(Oc2ccccc2NC(=O)c2ccc(Cl)c(Cl)c2)cc1. The topological polar surface area (TPSA) is 47.6 Å². The van der Waals surface area contributed by atoms with Gasteiger partial charge in [0.1, 0.15) is 11.5 Å². The molecule has 6 heteroatoms. The van der Waals surface area contributed by atoms with Crippen LogP contribution in [0.2, 0.25) is 10.0 Å². The number of benzene rings is 3. The highest BCUT2D eigenvalue weighted by Gasteiger charge is 2.12. The highest BCUT2D eigenvalue weighted by atomic mass is 35.5. The first-order valence-corrected chi connectivity index (χ1v) is 9.08. The van der Waals surface area contributed by atoms with Crippen molar-refractivity contribution < 1.29 is 14.3 Å². The minimum atomic E-state index is -0.309. The standard InChI is InChI=1S/C21H17Cl2NO3/c1-2-26-15-8-10-16(11-9-15)27-20-6-4-3-5-19(20)24-21(25)14-7-12-17(22)18(23)13-14/h3-13H,2H2,1H3,(H,24,25). The summed E-state index contributed by atoms with van der Waals surface area (Å²) in [7, 11) is 0. The number of anilines is 1. The summed E-state index contributed by atoms with van der Waals surface area (Å²) in [6.07, 6.45) is 0. The lowest BCUT2D eigenvalue weighted by molar-refractivity contribution is 0.102. The molecule has 3 rings (SSSR count). The largest absolute Gasteiger partial charge is 0.494 e. The Hall–Kier alpha value is -2.69. The molecule has 0 heterocycles. The zero-order valence-electron chi connectivity index (χ0n) is 14.5. The molecule has 0 aromatic heterocycles. The highest BCUT2D eigenvalue weighted by molar-refractivity contribution is 6.42. The Kier molecular flexibility index (Phi) is 6.22. The van der Waals surface area contributed by atoms with Crippen LogP contribution in [0.5, 0.6) is 17.2 Å². The number of carbonyl (C=O) groups excluding carboxylic acids is 1. The fourth-order valence-electron chi connectivity index (χ4n) is 2.39. The molecule has 0 saturated heterocycles. The molecular formula is C21H17Cl2NO3. The maximum Gasteiger partial charge on any atom is 0.255 e. The third-order valence-electron chi connectivity index (χ3n) is 3.68. The van der Waals surface area contributed by atoms with E-state index in [9.17, 15) is 4.79 Å². The summed E-state index contributed by atoms with van der Waals surface area (Å²) in [5.74, 6) is 1.62. The molecule has 4 nitrogen and oxygen atoms in total. The van der Waals surface area contributed by atoms with Crippen molar-refractivity contribution >= 4 is 34.8 Å². The van der Waals surface area contributed by atoms with Crippen molar-refractivity contribution in [3.8, 4) is 17.2 Å². The van der Waals surface area contributed by atoms with Gasteiger partial charge in [0.05, 0.1) is 22.3 Å². The number of para-hydroxylation sites is 2. The van der Waals surface area contributed by atoms with Gasteiger partial charge < -0.3 is 14.8 Å². The molecule has 0 atom stereocenters. The average Bonchev–Trinajstić information content (AvgIpc) is 2.67. The second-order valence-electron chi connectivity index (χ2n) is 5.59. The summed E-state index contributed by atoms with van der Waals surface area (Å²) in [6.45, 7) is 2.53. The summed E-state index contributed by atoms with van der Waals surface area (Å²) < 4.78 is 11.3. The van der Waals surface area contributed by atoms with E-state index in [2.05, 4.69) is 5.32 Å². The zero-order chi connectivity index (χ0) is 19.2. The van der Waals surface area contributed by atoms with Crippen LogP contribution in [-0.4, -0.2) is 12.5 Å². The molecule has 1 N–H and O–H groups in total. The van der Waals surface area contributed by atoms with Gasteiger partial charge in [-0.3, -0.25) is 4.79 Å². The second kappa shape index (κ2) is 8.80. The van der Waals surface area contributed by atoms with E-state index in [1.54, 1.807) is 24.3 Å². The fourth-order valence-corrected chi connectivity index (χ4v) is 2.69. The van der Waals surface area contributed by atoms with Gasteiger partial charge in [-0.15, -0.1) is 0 Å². The maximum atomic E-state index is 12.5. The Balaban J connectivity index is 1.77. The van der Waals surface area contributed by atoms with E-state index >= 15 is 0 Å². The third-order valence-corrected chi connectivity index (χ3v) is 4.42. The predicted molar refractivity (Wildman–Crippen MR) is 109 cm³/mol. The molecule has 0 unspecified atom stereocenters. The second-order valence-corrected chi connectivity index (χ2v) is 6.40. The van der Waals surface area contributed by atoms with Gasteiger partial charge in [0.25, 0.3) is 5.91 Å². The molecule has 3 aromatic rings. The lowest BCUT2D eigenvalue weighted by Crippen LogP contribution is -2.12. The number of hydrogen-bond acceptors (Lipinski definition) is 3. The molecule has 0 spiro atoms. The molecule has 0 aliphatic rings. The quantitative estimate of drug-likeness (QED) is 0.516. The lowest BCUT2D eigenvalue weighted by Gasteiger charge is -2.13. The Morgan fingerprint density at radius 1 is 0.926 bits per heavy atom. The third kappa shape index (κ3) is 4.94. The monoisotopic (exact) mass is 401 g/mol. The molecular weight excluding hydrogens is 385 g/mol. The Labute approximate surface area is 167 Å². The van der Waals surface area contributed by atoms with Gasteiger partial charge in [0, 0.05) is 5.56 Å². The van der Waals surface area contributed by atoms with Crippen molar-refractivity contribution in [2.24, 2.45) is 0 Å². The first kappa shape index (κ1) is 19.1. The molecule has 0 radical (unpaired) electrons. The summed E-state index contributed by atoms with van der Waals surface area (Å²) in [4.78, 5) is 12.5. The van der Waals surface area contributed by atoms with Crippen molar-refractivity contribution in [1.82, 2.24) is 0 Å². The molecule has 3 aromatic carbocycles. The normalized spacial score (nSPS) is 10.3. The van der Waals surface area contributed by atoms with E-state index in [0.29, 0.717) is 39.4 Å². The van der Waals surface area contributed by atoms with Crippen LogP contribution in [0.25, 0.3) is 0 Å². The van der Waals surface area contributed by atoms with Crippen molar-refractivity contribution in [3.63, 3.8) is 0 Å². The first-order chi connectivity index (χ1) is 13.1. The Morgan fingerprint density at radius 2 is 1.63 bits per heavy atom. The summed E-state index contributed by atoms with van der Waals surface area (Å²) in [5, 5.41) is 3.55. The van der Waals surface area contributed by atoms with Crippen LogP contribution in [0, 0.1) is 0 Å². The van der Waals surface area contributed by atoms with Gasteiger partial charge in [-0.05, 0) is 61.5 Å². The van der Waals surface area contributed by atoms with Crippen LogP contribution in [0.3, 0.4) is 0 Å². The van der Waals surface area contributed by atoms with Crippen LogP contribution >= 0.6 is 23.2 Å².